The average Bonchev–Trinajstić information content (AvgIpc) is 3.56. The van der Waals surface area contributed by atoms with Crippen LogP contribution in [0.3, 0.4) is 0 Å². The molecule has 2 saturated carbocycles. The summed E-state index contributed by atoms with van der Waals surface area (Å²) in [6.07, 6.45) is 3.59. The zero-order valence-electron chi connectivity index (χ0n) is 19.0. The maximum atomic E-state index is 12.7. The highest BCUT2D eigenvalue weighted by Gasteiger charge is 2.37. The second-order valence-electron chi connectivity index (χ2n) is 9.67. The van der Waals surface area contributed by atoms with Gasteiger partial charge in [0.2, 0.25) is 5.91 Å². The van der Waals surface area contributed by atoms with Gasteiger partial charge in [-0.15, -0.1) is 0 Å². The number of ether oxygens (including phenoxy) is 1. The summed E-state index contributed by atoms with van der Waals surface area (Å²) in [6, 6.07) is 16.0. The highest BCUT2D eigenvalue weighted by atomic mass is 16.5. The summed E-state index contributed by atoms with van der Waals surface area (Å²) in [6.45, 7) is 0.259. The van der Waals surface area contributed by atoms with Crippen molar-refractivity contribution in [3.05, 3.63) is 59.7 Å². The molecule has 0 heterocycles. The normalized spacial score (nSPS) is 25.4. The van der Waals surface area contributed by atoms with E-state index in [9.17, 15) is 19.5 Å². The van der Waals surface area contributed by atoms with E-state index in [1.807, 2.05) is 24.3 Å². The number of aliphatic carboxylic acids is 1. The first-order valence-corrected chi connectivity index (χ1v) is 12.2. The molecule has 2 amide bonds. The highest BCUT2D eigenvalue weighted by molar-refractivity contribution is 5.81. The molecule has 2 fully saturated rings. The van der Waals surface area contributed by atoms with Crippen LogP contribution in [0.4, 0.5) is 4.79 Å². The molecule has 5 rings (SSSR count). The zero-order valence-corrected chi connectivity index (χ0v) is 19.0. The molecule has 4 atom stereocenters. The molecule has 7 nitrogen and oxygen atoms in total. The maximum absolute atomic E-state index is 12.7. The fourth-order valence-corrected chi connectivity index (χ4v) is 5.89. The van der Waals surface area contributed by atoms with Crippen molar-refractivity contribution in [3.8, 4) is 11.1 Å². The lowest BCUT2D eigenvalue weighted by Crippen LogP contribution is -2.43. The Kier molecular flexibility index (Phi) is 6.26. The van der Waals surface area contributed by atoms with Gasteiger partial charge in [0.15, 0.2) is 0 Å². The SMILES string of the molecule is O=C(N[C@@H]1CC[C@H](C(=O)N[C@@H]2CCC[C@@H]2C(=O)O)C1)OCC1c2ccccc2-c2ccccc21. The van der Waals surface area contributed by atoms with E-state index in [0.717, 1.165) is 6.42 Å². The topological polar surface area (TPSA) is 105 Å². The van der Waals surface area contributed by atoms with Gasteiger partial charge >= 0.3 is 12.1 Å². The van der Waals surface area contributed by atoms with Gasteiger partial charge in [0, 0.05) is 23.9 Å². The predicted octanol–water partition coefficient (Wildman–Crippen LogP) is 4.06. The Morgan fingerprint density at radius 2 is 1.56 bits per heavy atom. The minimum Gasteiger partial charge on any atom is -0.481 e. The summed E-state index contributed by atoms with van der Waals surface area (Å²) in [4.78, 5) is 36.6. The Hall–Kier alpha value is -3.35. The van der Waals surface area contributed by atoms with Crippen LogP contribution in [0, 0.1) is 11.8 Å². The Morgan fingerprint density at radius 1 is 0.882 bits per heavy atom. The van der Waals surface area contributed by atoms with Gasteiger partial charge < -0.3 is 20.5 Å². The molecule has 2 aromatic rings. The minimum atomic E-state index is -0.843. The molecule has 0 spiro atoms. The zero-order chi connectivity index (χ0) is 23.7. The number of nitrogens with one attached hydrogen (secondary N) is 2. The fraction of sp³-hybridized carbons (Fsp3) is 0.444. The van der Waals surface area contributed by atoms with Gasteiger partial charge in [0.1, 0.15) is 6.61 Å². The summed E-state index contributed by atoms with van der Waals surface area (Å²) in [5.74, 6) is -1.65. The van der Waals surface area contributed by atoms with E-state index in [-0.39, 0.29) is 36.4 Å². The van der Waals surface area contributed by atoms with Crippen LogP contribution in [0.5, 0.6) is 0 Å². The van der Waals surface area contributed by atoms with Crippen molar-refractivity contribution in [2.75, 3.05) is 6.61 Å². The standard InChI is InChI=1S/C27H30N2O5/c30-25(29-24-11-5-10-22(24)26(31)32)16-12-13-17(14-16)28-27(33)34-15-23-20-8-3-1-6-18(20)19-7-2-4-9-21(19)23/h1-4,6-9,16-17,22-24H,5,10-15H2,(H,28,33)(H,29,30)(H,31,32)/t16-,17+,22-,24+/m0/s1. The van der Waals surface area contributed by atoms with Gasteiger partial charge in [0.05, 0.1) is 5.92 Å². The molecule has 0 saturated heterocycles. The van der Waals surface area contributed by atoms with E-state index in [1.165, 1.54) is 22.3 Å². The number of alkyl carbamates (subject to hydrolysis) is 1. The number of carboxylic acid groups (broad SMARTS) is 1. The van der Waals surface area contributed by atoms with Crippen molar-refractivity contribution in [2.45, 2.75) is 56.5 Å². The lowest BCUT2D eigenvalue weighted by atomic mass is 9.98. The molecule has 0 aliphatic heterocycles. The van der Waals surface area contributed by atoms with Crippen LogP contribution < -0.4 is 10.6 Å². The van der Waals surface area contributed by atoms with E-state index in [4.69, 9.17) is 4.74 Å². The van der Waals surface area contributed by atoms with Crippen molar-refractivity contribution < 1.29 is 24.2 Å². The van der Waals surface area contributed by atoms with Crippen LogP contribution in [0.25, 0.3) is 11.1 Å². The molecule has 0 bridgehead atoms. The van der Waals surface area contributed by atoms with Crippen LogP contribution in [0.1, 0.15) is 55.6 Å². The van der Waals surface area contributed by atoms with Crippen molar-refractivity contribution in [3.63, 3.8) is 0 Å². The molecule has 178 valence electrons. The van der Waals surface area contributed by atoms with Crippen LogP contribution >= 0.6 is 0 Å². The largest absolute Gasteiger partial charge is 0.481 e. The van der Waals surface area contributed by atoms with Gasteiger partial charge in [-0.3, -0.25) is 9.59 Å². The molecule has 34 heavy (non-hydrogen) atoms. The number of hydrogen-bond donors (Lipinski definition) is 3. The summed E-state index contributed by atoms with van der Waals surface area (Å²) in [5.41, 5.74) is 4.70. The van der Waals surface area contributed by atoms with Crippen molar-refractivity contribution in [2.24, 2.45) is 11.8 Å². The number of hydrogen-bond acceptors (Lipinski definition) is 4. The third-order valence-electron chi connectivity index (χ3n) is 7.63. The Labute approximate surface area is 198 Å². The number of fused-ring (bicyclic) bond motifs is 3. The van der Waals surface area contributed by atoms with Crippen molar-refractivity contribution >= 4 is 18.0 Å². The Morgan fingerprint density at radius 3 is 2.24 bits per heavy atom. The molecule has 7 heteroatoms. The first kappa shape index (κ1) is 22.4. The quantitative estimate of drug-likeness (QED) is 0.600. The summed E-state index contributed by atoms with van der Waals surface area (Å²) >= 11 is 0. The third kappa shape index (κ3) is 4.39. The highest BCUT2D eigenvalue weighted by Crippen LogP contribution is 2.44. The van der Waals surface area contributed by atoms with Crippen LogP contribution in [-0.4, -0.2) is 41.8 Å². The Balaban J connectivity index is 1.12. The average molecular weight is 463 g/mol. The van der Waals surface area contributed by atoms with Crippen molar-refractivity contribution in [1.82, 2.24) is 10.6 Å². The second kappa shape index (κ2) is 9.49. The molecule has 3 aliphatic rings. The first-order chi connectivity index (χ1) is 16.5. The number of carboxylic acids is 1. The van der Waals surface area contributed by atoms with Crippen LogP contribution in [0.2, 0.25) is 0 Å². The second-order valence-corrected chi connectivity index (χ2v) is 9.67. The minimum absolute atomic E-state index is 0.00819. The first-order valence-electron chi connectivity index (χ1n) is 12.2. The molecular weight excluding hydrogens is 432 g/mol. The van der Waals surface area contributed by atoms with Crippen LogP contribution in [-0.2, 0) is 14.3 Å². The molecule has 2 aromatic carbocycles. The van der Waals surface area contributed by atoms with Crippen molar-refractivity contribution in [1.29, 1.82) is 0 Å². The van der Waals surface area contributed by atoms with Gasteiger partial charge in [-0.25, -0.2) is 4.79 Å². The number of carbonyl (C=O) groups excluding carboxylic acids is 2. The molecular formula is C27H30N2O5. The third-order valence-corrected chi connectivity index (χ3v) is 7.63. The van der Waals surface area contributed by atoms with Gasteiger partial charge in [0.25, 0.3) is 0 Å². The van der Waals surface area contributed by atoms with Gasteiger partial charge in [-0.05, 0) is 54.4 Å². The fourth-order valence-electron chi connectivity index (χ4n) is 5.89. The molecule has 0 unspecified atom stereocenters. The lowest BCUT2D eigenvalue weighted by molar-refractivity contribution is -0.142. The monoisotopic (exact) mass is 462 g/mol. The van der Waals surface area contributed by atoms with Gasteiger partial charge in [-0.1, -0.05) is 55.0 Å². The van der Waals surface area contributed by atoms with E-state index < -0.39 is 18.0 Å². The van der Waals surface area contributed by atoms with Crippen LogP contribution in [0.15, 0.2) is 48.5 Å². The number of carbonyl (C=O) groups is 3. The summed E-state index contributed by atoms with van der Waals surface area (Å²) < 4.78 is 5.63. The van der Waals surface area contributed by atoms with E-state index in [0.29, 0.717) is 32.1 Å². The smallest absolute Gasteiger partial charge is 0.407 e. The van der Waals surface area contributed by atoms with E-state index in [2.05, 4.69) is 34.9 Å². The van der Waals surface area contributed by atoms with Gasteiger partial charge in [-0.2, -0.15) is 0 Å². The lowest BCUT2D eigenvalue weighted by Gasteiger charge is -2.20. The maximum Gasteiger partial charge on any atom is 0.407 e. The number of rotatable bonds is 6. The number of benzene rings is 2. The molecule has 3 aliphatic carbocycles. The van der Waals surface area contributed by atoms with E-state index >= 15 is 0 Å². The predicted molar refractivity (Wildman–Crippen MR) is 126 cm³/mol. The Bertz CT molecular complexity index is 1050. The molecule has 0 aromatic heterocycles. The molecule has 0 radical (unpaired) electrons. The number of amides is 2. The summed E-state index contributed by atoms with van der Waals surface area (Å²) in [5, 5.41) is 15.2. The van der Waals surface area contributed by atoms with E-state index in [1.54, 1.807) is 0 Å². The molecule has 3 N–H and O–H groups in total. The summed E-state index contributed by atoms with van der Waals surface area (Å²) in [7, 11) is 0.